The van der Waals surface area contributed by atoms with Gasteiger partial charge in [-0.05, 0) is 53.8 Å². The van der Waals surface area contributed by atoms with E-state index in [1.165, 1.54) is 12.3 Å². The van der Waals surface area contributed by atoms with Gasteiger partial charge < -0.3 is 8.71 Å². The molecular formula is C13H9IN2O4S. The summed E-state index contributed by atoms with van der Waals surface area (Å²) in [5, 5.41) is 4.28. The SMILES string of the molecule is Cc1noc2ncc(S(=O)(=O)Oc3cccc(I)c3)cc12. The summed E-state index contributed by atoms with van der Waals surface area (Å²) in [4.78, 5) is 3.90. The van der Waals surface area contributed by atoms with E-state index in [1.54, 1.807) is 25.1 Å². The summed E-state index contributed by atoms with van der Waals surface area (Å²) in [6.07, 6.45) is 1.19. The quantitative estimate of drug-likeness (QED) is 0.483. The molecule has 0 saturated heterocycles. The van der Waals surface area contributed by atoms with E-state index in [0.717, 1.165) is 3.57 Å². The van der Waals surface area contributed by atoms with Crippen LogP contribution in [0.25, 0.3) is 11.1 Å². The van der Waals surface area contributed by atoms with Crippen molar-refractivity contribution < 1.29 is 17.1 Å². The van der Waals surface area contributed by atoms with Crippen LogP contribution in [0.3, 0.4) is 0 Å². The van der Waals surface area contributed by atoms with Gasteiger partial charge in [-0.1, -0.05) is 11.2 Å². The first-order chi connectivity index (χ1) is 9.95. The minimum absolute atomic E-state index is 0.0415. The molecule has 2 heterocycles. The standard InChI is InChI=1S/C13H9IN2O4S/c1-8-12-6-11(7-15-13(12)19-16-8)21(17,18)20-10-4-2-3-9(14)5-10/h2-7H,1H3. The summed E-state index contributed by atoms with van der Waals surface area (Å²) >= 11 is 2.08. The van der Waals surface area contributed by atoms with Gasteiger partial charge >= 0.3 is 10.1 Å². The molecule has 0 radical (unpaired) electrons. The van der Waals surface area contributed by atoms with Crippen LogP contribution in [-0.2, 0) is 10.1 Å². The number of hydrogen-bond acceptors (Lipinski definition) is 6. The lowest BCUT2D eigenvalue weighted by Gasteiger charge is -2.06. The van der Waals surface area contributed by atoms with Gasteiger partial charge in [0.2, 0.25) is 0 Å². The number of aromatic nitrogens is 2. The van der Waals surface area contributed by atoms with Gasteiger partial charge in [-0.3, -0.25) is 0 Å². The van der Waals surface area contributed by atoms with Gasteiger partial charge in [0.05, 0.1) is 17.3 Å². The van der Waals surface area contributed by atoms with Crippen LogP contribution in [0.15, 0.2) is 45.9 Å². The van der Waals surface area contributed by atoms with Gasteiger partial charge in [0.15, 0.2) is 0 Å². The maximum Gasteiger partial charge on any atom is 0.340 e. The first-order valence-electron chi connectivity index (χ1n) is 5.88. The zero-order chi connectivity index (χ0) is 15.0. The second kappa shape index (κ2) is 5.26. The number of pyridine rings is 1. The van der Waals surface area contributed by atoms with Crippen molar-refractivity contribution in [2.75, 3.05) is 0 Å². The van der Waals surface area contributed by atoms with Gasteiger partial charge in [-0.15, -0.1) is 0 Å². The van der Waals surface area contributed by atoms with E-state index in [9.17, 15) is 8.42 Å². The fourth-order valence-electron chi connectivity index (χ4n) is 1.76. The molecule has 0 spiro atoms. The Morgan fingerprint density at radius 2 is 2.10 bits per heavy atom. The second-order valence-electron chi connectivity index (χ2n) is 4.29. The van der Waals surface area contributed by atoms with Crippen LogP contribution < -0.4 is 4.18 Å². The summed E-state index contributed by atoms with van der Waals surface area (Å²) in [5.74, 6) is 0.254. The molecule has 108 valence electrons. The zero-order valence-corrected chi connectivity index (χ0v) is 13.8. The second-order valence-corrected chi connectivity index (χ2v) is 7.08. The van der Waals surface area contributed by atoms with Crippen LogP contribution in [0, 0.1) is 10.5 Å². The molecule has 3 aromatic rings. The predicted molar refractivity (Wildman–Crippen MR) is 83.5 cm³/mol. The van der Waals surface area contributed by atoms with E-state index < -0.39 is 10.1 Å². The average Bonchev–Trinajstić information content (AvgIpc) is 2.79. The molecule has 0 fully saturated rings. The maximum absolute atomic E-state index is 12.3. The molecule has 0 bridgehead atoms. The lowest BCUT2D eigenvalue weighted by atomic mass is 10.3. The zero-order valence-electron chi connectivity index (χ0n) is 10.8. The summed E-state index contributed by atoms with van der Waals surface area (Å²) in [6.45, 7) is 1.71. The van der Waals surface area contributed by atoms with Crippen LogP contribution in [-0.4, -0.2) is 18.6 Å². The summed E-state index contributed by atoms with van der Waals surface area (Å²) in [6, 6.07) is 8.22. The van der Waals surface area contributed by atoms with E-state index in [-0.39, 0.29) is 10.6 Å². The smallest absolute Gasteiger partial charge is 0.340 e. The van der Waals surface area contributed by atoms with E-state index >= 15 is 0 Å². The summed E-state index contributed by atoms with van der Waals surface area (Å²) in [7, 11) is -3.95. The van der Waals surface area contributed by atoms with Gasteiger partial charge in [0.25, 0.3) is 5.71 Å². The lowest BCUT2D eigenvalue weighted by molar-refractivity contribution is 0.442. The van der Waals surface area contributed by atoms with Crippen LogP contribution in [0.1, 0.15) is 5.69 Å². The fraction of sp³-hybridized carbons (Fsp3) is 0.0769. The Morgan fingerprint density at radius 3 is 2.86 bits per heavy atom. The Hall–Kier alpha value is -1.68. The third-order valence-electron chi connectivity index (χ3n) is 2.78. The van der Waals surface area contributed by atoms with Gasteiger partial charge in [-0.2, -0.15) is 8.42 Å². The molecule has 6 nitrogen and oxygen atoms in total. The highest BCUT2D eigenvalue weighted by molar-refractivity contribution is 14.1. The minimum atomic E-state index is -3.95. The Kier molecular flexibility index (Phi) is 3.57. The van der Waals surface area contributed by atoms with Gasteiger partial charge in [0, 0.05) is 3.57 Å². The van der Waals surface area contributed by atoms with Crippen molar-refractivity contribution >= 4 is 43.8 Å². The normalized spacial score (nSPS) is 11.7. The monoisotopic (exact) mass is 416 g/mol. The number of hydrogen-bond donors (Lipinski definition) is 0. The topological polar surface area (TPSA) is 82.3 Å². The molecule has 0 amide bonds. The minimum Gasteiger partial charge on any atom is -0.379 e. The number of aryl methyl sites for hydroxylation is 1. The van der Waals surface area contributed by atoms with Crippen LogP contribution in [0.2, 0.25) is 0 Å². The van der Waals surface area contributed by atoms with Crippen LogP contribution in [0.5, 0.6) is 5.75 Å². The highest BCUT2D eigenvalue weighted by atomic mass is 127. The largest absolute Gasteiger partial charge is 0.379 e. The molecule has 21 heavy (non-hydrogen) atoms. The first-order valence-corrected chi connectivity index (χ1v) is 8.36. The molecule has 0 atom stereocenters. The highest BCUT2D eigenvalue weighted by Gasteiger charge is 2.19. The molecule has 0 unspecified atom stereocenters. The van der Waals surface area contributed by atoms with Crippen molar-refractivity contribution in [3.05, 3.63) is 45.8 Å². The Morgan fingerprint density at radius 1 is 1.29 bits per heavy atom. The highest BCUT2D eigenvalue weighted by Crippen LogP contribution is 2.23. The molecule has 1 aromatic carbocycles. The molecule has 0 aliphatic rings. The molecule has 0 N–H and O–H groups in total. The van der Waals surface area contributed by atoms with Crippen molar-refractivity contribution in [3.63, 3.8) is 0 Å². The van der Waals surface area contributed by atoms with Gasteiger partial charge in [-0.25, -0.2) is 4.98 Å². The molecule has 0 saturated carbocycles. The third-order valence-corrected chi connectivity index (χ3v) is 4.66. The van der Waals surface area contributed by atoms with Gasteiger partial charge in [0.1, 0.15) is 10.6 Å². The molecule has 8 heteroatoms. The maximum atomic E-state index is 12.3. The number of nitrogens with zero attached hydrogens (tertiary/aromatic N) is 2. The van der Waals surface area contributed by atoms with Crippen molar-refractivity contribution in [2.45, 2.75) is 11.8 Å². The van der Waals surface area contributed by atoms with Crippen molar-refractivity contribution in [1.29, 1.82) is 0 Å². The summed E-state index contributed by atoms with van der Waals surface area (Å²) in [5.41, 5.74) is 0.865. The van der Waals surface area contributed by atoms with E-state index in [1.807, 2.05) is 6.07 Å². The lowest BCUT2D eigenvalue weighted by Crippen LogP contribution is -2.10. The number of fused-ring (bicyclic) bond motifs is 1. The number of benzene rings is 1. The Balaban J connectivity index is 2.01. The van der Waals surface area contributed by atoms with Crippen molar-refractivity contribution in [1.82, 2.24) is 10.1 Å². The number of halogens is 1. The van der Waals surface area contributed by atoms with E-state index in [2.05, 4.69) is 32.7 Å². The van der Waals surface area contributed by atoms with Crippen LogP contribution in [0.4, 0.5) is 0 Å². The molecule has 0 aliphatic carbocycles. The van der Waals surface area contributed by atoms with Crippen molar-refractivity contribution in [3.8, 4) is 5.75 Å². The molecular weight excluding hydrogens is 407 g/mol. The molecule has 3 rings (SSSR count). The van der Waals surface area contributed by atoms with E-state index in [0.29, 0.717) is 16.8 Å². The average molecular weight is 416 g/mol. The van der Waals surface area contributed by atoms with Crippen molar-refractivity contribution in [2.24, 2.45) is 0 Å². The molecule has 0 aliphatic heterocycles. The Bertz CT molecular complexity index is 921. The van der Waals surface area contributed by atoms with Crippen LogP contribution >= 0.6 is 22.6 Å². The summed E-state index contributed by atoms with van der Waals surface area (Å²) < 4.78 is 35.5. The predicted octanol–water partition coefficient (Wildman–Crippen LogP) is 2.90. The third kappa shape index (κ3) is 2.86. The molecule has 2 aromatic heterocycles. The number of rotatable bonds is 3. The first kappa shape index (κ1) is 14.3. The fourth-order valence-corrected chi connectivity index (χ4v) is 3.17. The Labute approximate surface area is 134 Å². The van der Waals surface area contributed by atoms with E-state index in [4.69, 9.17) is 8.71 Å².